The number of rotatable bonds is 6. The minimum Gasteiger partial charge on any atom is -0.329 e. The summed E-state index contributed by atoms with van der Waals surface area (Å²) in [6.07, 6.45) is 9.28. The van der Waals surface area contributed by atoms with Crippen LogP contribution in [-0.2, 0) is 0 Å². The summed E-state index contributed by atoms with van der Waals surface area (Å²) in [7, 11) is 4.60. The van der Waals surface area contributed by atoms with Crippen LogP contribution in [0, 0.1) is 0 Å². The molecule has 0 spiro atoms. The van der Waals surface area contributed by atoms with Crippen LogP contribution in [0.25, 0.3) is 0 Å². The highest BCUT2D eigenvalue weighted by molar-refractivity contribution is 5.05. The third kappa shape index (κ3) is 2.59. The van der Waals surface area contributed by atoms with Gasteiger partial charge >= 0.3 is 0 Å². The summed E-state index contributed by atoms with van der Waals surface area (Å²) in [5.41, 5.74) is 6.46. The van der Waals surface area contributed by atoms with Gasteiger partial charge in [-0.25, -0.2) is 0 Å². The van der Waals surface area contributed by atoms with Crippen molar-refractivity contribution in [2.24, 2.45) is 5.73 Å². The molecule has 0 aliphatic carbocycles. The second kappa shape index (κ2) is 5.89. The molecule has 0 radical (unpaired) electrons. The van der Waals surface area contributed by atoms with E-state index in [1.807, 2.05) is 0 Å². The Balaban J connectivity index is 1.98. The van der Waals surface area contributed by atoms with Crippen molar-refractivity contribution in [1.82, 2.24) is 9.80 Å². The topological polar surface area (TPSA) is 32.5 Å². The lowest BCUT2D eigenvalue weighted by Gasteiger charge is -2.50. The fourth-order valence-corrected chi connectivity index (χ4v) is 4.01. The maximum atomic E-state index is 6.18. The van der Waals surface area contributed by atoms with Gasteiger partial charge in [0.15, 0.2) is 0 Å². The molecule has 3 nitrogen and oxygen atoms in total. The largest absolute Gasteiger partial charge is 0.329 e. The summed E-state index contributed by atoms with van der Waals surface area (Å²) in [5, 5.41) is 0. The first kappa shape index (κ1) is 14.3. The molecule has 0 saturated carbocycles. The van der Waals surface area contributed by atoms with E-state index in [0.717, 1.165) is 18.6 Å². The van der Waals surface area contributed by atoms with Crippen LogP contribution < -0.4 is 5.73 Å². The van der Waals surface area contributed by atoms with Crippen LogP contribution in [0.3, 0.4) is 0 Å². The molecule has 2 aliphatic heterocycles. The lowest BCUT2D eigenvalue weighted by atomic mass is 9.81. The highest BCUT2D eigenvalue weighted by Crippen LogP contribution is 2.41. The molecule has 0 aromatic carbocycles. The van der Waals surface area contributed by atoms with E-state index in [2.05, 4.69) is 30.8 Å². The molecule has 2 atom stereocenters. The van der Waals surface area contributed by atoms with Gasteiger partial charge in [0.1, 0.15) is 0 Å². The monoisotopic (exact) mass is 253 g/mol. The predicted molar refractivity (Wildman–Crippen MR) is 77.7 cm³/mol. The Labute approximate surface area is 113 Å². The summed E-state index contributed by atoms with van der Waals surface area (Å²) in [6, 6.07) is 1.56. The second-order valence-electron chi connectivity index (χ2n) is 6.52. The zero-order valence-electron chi connectivity index (χ0n) is 12.5. The number of unbranched alkanes of at least 4 members (excludes halogenated alkanes) is 2. The van der Waals surface area contributed by atoms with Gasteiger partial charge in [-0.1, -0.05) is 19.8 Å². The van der Waals surface area contributed by atoms with E-state index < -0.39 is 0 Å². The van der Waals surface area contributed by atoms with E-state index in [0.29, 0.717) is 0 Å². The van der Waals surface area contributed by atoms with Crippen molar-refractivity contribution >= 4 is 0 Å². The van der Waals surface area contributed by atoms with E-state index in [-0.39, 0.29) is 5.54 Å². The van der Waals surface area contributed by atoms with Crippen LogP contribution in [0.2, 0.25) is 0 Å². The van der Waals surface area contributed by atoms with Crippen molar-refractivity contribution in [2.45, 2.75) is 69.5 Å². The smallest absolute Gasteiger partial charge is 0.0358 e. The molecule has 2 rings (SSSR count). The van der Waals surface area contributed by atoms with Gasteiger partial charge in [-0.3, -0.25) is 4.90 Å². The predicted octanol–water partition coefficient (Wildman–Crippen LogP) is 2.06. The summed E-state index contributed by atoms with van der Waals surface area (Å²) < 4.78 is 0. The van der Waals surface area contributed by atoms with E-state index in [9.17, 15) is 0 Å². The van der Waals surface area contributed by atoms with Gasteiger partial charge < -0.3 is 10.6 Å². The molecule has 3 heteroatoms. The Kier molecular flexibility index (Phi) is 4.68. The molecule has 106 valence electrons. The Morgan fingerprint density at radius 1 is 1.22 bits per heavy atom. The summed E-state index contributed by atoms with van der Waals surface area (Å²) in [5.74, 6) is 0. The van der Waals surface area contributed by atoms with Gasteiger partial charge in [-0.05, 0) is 52.7 Å². The first-order valence-corrected chi connectivity index (χ1v) is 7.76. The Morgan fingerprint density at radius 2 is 1.83 bits per heavy atom. The number of piperidine rings is 1. The average molecular weight is 253 g/mol. The quantitative estimate of drug-likeness (QED) is 0.736. The molecule has 0 aromatic heterocycles. The molecular formula is C15H31N3. The Hall–Kier alpha value is -0.120. The van der Waals surface area contributed by atoms with Gasteiger partial charge in [0.2, 0.25) is 0 Å². The standard InChI is InChI=1S/C15H31N3/c1-4-5-6-9-17(2)15(12-16)10-13-7-8-14(11-15)18(13)3/h13-14H,4-12,16H2,1-3H3. The van der Waals surface area contributed by atoms with Crippen LogP contribution in [0.5, 0.6) is 0 Å². The molecule has 2 heterocycles. The van der Waals surface area contributed by atoms with Gasteiger partial charge in [0.25, 0.3) is 0 Å². The van der Waals surface area contributed by atoms with Crippen LogP contribution in [0.4, 0.5) is 0 Å². The highest BCUT2D eigenvalue weighted by atomic mass is 15.3. The molecule has 2 fully saturated rings. The lowest BCUT2D eigenvalue weighted by Crippen LogP contribution is -2.60. The fraction of sp³-hybridized carbons (Fsp3) is 1.00. The minimum absolute atomic E-state index is 0.284. The number of nitrogens with two attached hydrogens (primary N) is 1. The van der Waals surface area contributed by atoms with Gasteiger partial charge in [0.05, 0.1) is 0 Å². The van der Waals surface area contributed by atoms with E-state index in [4.69, 9.17) is 5.73 Å². The Morgan fingerprint density at radius 3 is 2.33 bits per heavy atom. The third-order valence-corrected chi connectivity index (χ3v) is 5.50. The van der Waals surface area contributed by atoms with Gasteiger partial charge in [-0.15, -0.1) is 0 Å². The molecule has 2 saturated heterocycles. The van der Waals surface area contributed by atoms with Crippen molar-refractivity contribution in [3.05, 3.63) is 0 Å². The molecule has 2 aliphatic rings. The first-order valence-electron chi connectivity index (χ1n) is 7.76. The molecule has 2 unspecified atom stereocenters. The maximum Gasteiger partial charge on any atom is 0.0358 e. The van der Waals surface area contributed by atoms with Gasteiger partial charge in [0, 0.05) is 24.2 Å². The molecule has 18 heavy (non-hydrogen) atoms. The Bertz CT molecular complexity index is 252. The molecule has 0 aromatic rings. The number of likely N-dealkylation sites (N-methyl/N-ethyl adjacent to an activating group) is 1. The van der Waals surface area contributed by atoms with Crippen molar-refractivity contribution in [2.75, 3.05) is 27.2 Å². The fourth-order valence-electron chi connectivity index (χ4n) is 4.01. The zero-order chi connectivity index (χ0) is 13.2. The third-order valence-electron chi connectivity index (χ3n) is 5.50. The number of hydrogen-bond acceptors (Lipinski definition) is 3. The van der Waals surface area contributed by atoms with E-state index in [1.54, 1.807) is 0 Å². The van der Waals surface area contributed by atoms with Crippen molar-refractivity contribution in [1.29, 1.82) is 0 Å². The van der Waals surface area contributed by atoms with Crippen LogP contribution in [-0.4, -0.2) is 54.6 Å². The van der Waals surface area contributed by atoms with Gasteiger partial charge in [-0.2, -0.15) is 0 Å². The van der Waals surface area contributed by atoms with E-state index >= 15 is 0 Å². The number of fused-ring (bicyclic) bond motifs is 2. The first-order chi connectivity index (χ1) is 8.63. The molecule has 2 bridgehead atoms. The minimum atomic E-state index is 0.284. The second-order valence-corrected chi connectivity index (χ2v) is 6.52. The van der Waals surface area contributed by atoms with Crippen LogP contribution in [0.15, 0.2) is 0 Å². The van der Waals surface area contributed by atoms with Crippen molar-refractivity contribution < 1.29 is 0 Å². The molecule has 2 N–H and O–H groups in total. The average Bonchev–Trinajstić information content (AvgIpc) is 2.62. The SMILES string of the molecule is CCCCCN(C)C1(CN)CC2CCC(C1)N2C. The molecule has 0 amide bonds. The normalized spacial score (nSPS) is 36.5. The number of nitrogens with zero attached hydrogens (tertiary/aromatic N) is 2. The lowest BCUT2D eigenvalue weighted by molar-refractivity contribution is 0.0155. The van der Waals surface area contributed by atoms with E-state index in [1.165, 1.54) is 51.5 Å². The highest BCUT2D eigenvalue weighted by Gasteiger charge is 2.47. The van der Waals surface area contributed by atoms with Crippen LogP contribution >= 0.6 is 0 Å². The zero-order valence-corrected chi connectivity index (χ0v) is 12.5. The van der Waals surface area contributed by atoms with Crippen molar-refractivity contribution in [3.63, 3.8) is 0 Å². The summed E-state index contributed by atoms with van der Waals surface area (Å²) >= 11 is 0. The van der Waals surface area contributed by atoms with Crippen LogP contribution in [0.1, 0.15) is 51.9 Å². The maximum absolute atomic E-state index is 6.18. The summed E-state index contributed by atoms with van der Waals surface area (Å²) in [4.78, 5) is 5.19. The van der Waals surface area contributed by atoms with Crippen molar-refractivity contribution in [3.8, 4) is 0 Å². The number of hydrogen-bond donors (Lipinski definition) is 1. The summed E-state index contributed by atoms with van der Waals surface area (Å²) in [6.45, 7) is 4.32. The molecular weight excluding hydrogens is 222 g/mol.